The van der Waals surface area contributed by atoms with E-state index in [0.717, 1.165) is 25.9 Å². The van der Waals surface area contributed by atoms with E-state index in [9.17, 15) is 4.39 Å². The Balaban J connectivity index is 1.76. The number of likely N-dealkylation sites (N-methyl/N-ethyl adjacent to an activating group) is 1. The molecule has 2 nitrogen and oxygen atoms in total. The van der Waals surface area contributed by atoms with Crippen molar-refractivity contribution in [1.82, 2.24) is 9.47 Å². The summed E-state index contributed by atoms with van der Waals surface area (Å²) in [5.74, 6) is -0.167. The number of nitrogens with zero attached hydrogens (tertiary/aromatic N) is 2. The Morgan fingerprint density at radius 1 is 1.12 bits per heavy atom. The van der Waals surface area contributed by atoms with Crippen molar-refractivity contribution in [3.8, 4) is 0 Å². The molecule has 130 valence electrons. The molecule has 0 saturated heterocycles. The Morgan fingerprint density at radius 2 is 1.88 bits per heavy atom. The molecule has 1 aliphatic heterocycles. The number of rotatable bonds is 3. The number of aryl methyl sites for hydroxylation is 3. The maximum Gasteiger partial charge on any atom is 0.123 e. The van der Waals surface area contributed by atoms with Gasteiger partial charge in [0.25, 0.3) is 0 Å². The first-order valence-corrected chi connectivity index (χ1v) is 9.11. The third kappa shape index (κ3) is 2.87. The highest BCUT2D eigenvalue weighted by atomic mass is 19.1. The second-order valence-corrected chi connectivity index (χ2v) is 7.32. The number of aromatic nitrogens is 1. The van der Waals surface area contributed by atoms with Crippen molar-refractivity contribution in [2.45, 2.75) is 39.3 Å². The second-order valence-electron chi connectivity index (χ2n) is 7.32. The van der Waals surface area contributed by atoms with E-state index in [1.165, 1.54) is 33.3 Å². The van der Waals surface area contributed by atoms with E-state index < -0.39 is 0 Å². The molecule has 0 unspecified atom stereocenters. The molecule has 0 aliphatic carbocycles. The smallest absolute Gasteiger partial charge is 0.123 e. The molecule has 1 aromatic heterocycles. The molecule has 0 amide bonds. The Bertz CT molecular complexity index is 908. The van der Waals surface area contributed by atoms with E-state index >= 15 is 0 Å². The quantitative estimate of drug-likeness (QED) is 0.662. The number of hydrogen-bond donors (Lipinski definition) is 0. The van der Waals surface area contributed by atoms with Crippen molar-refractivity contribution in [1.29, 1.82) is 0 Å². The molecule has 1 aliphatic rings. The van der Waals surface area contributed by atoms with Gasteiger partial charge in [0.1, 0.15) is 5.82 Å². The average Bonchev–Trinajstić information content (AvgIpc) is 2.91. The van der Waals surface area contributed by atoms with E-state index in [0.29, 0.717) is 6.04 Å². The van der Waals surface area contributed by atoms with Gasteiger partial charge >= 0.3 is 0 Å². The fraction of sp³-hybridized carbons (Fsp3) is 0.364. The highest BCUT2D eigenvalue weighted by Crippen LogP contribution is 2.37. The topological polar surface area (TPSA) is 8.17 Å². The van der Waals surface area contributed by atoms with Crippen LogP contribution in [0.1, 0.15) is 35.3 Å². The summed E-state index contributed by atoms with van der Waals surface area (Å²) in [4.78, 5) is 2.44. The average molecular weight is 336 g/mol. The lowest BCUT2D eigenvalue weighted by Crippen LogP contribution is -2.31. The number of hydrogen-bond acceptors (Lipinski definition) is 1. The first-order chi connectivity index (χ1) is 12.0. The maximum absolute atomic E-state index is 13.1. The van der Waals surface area contributed by atoms with Crippen LogP contribution in [-0.4, -0.2) is 23.1 Å². The van der Waals surface area contributed by atoms with Crippen LogP contribution in [0.5, 0.6) is 0 Å². The molecular formula is C22H25FN2. The molecule has 2 aromatic carbocycles. The summed E-state index contributed by atoms with van der Waals surface area (Å²) in [5, 5.41) is 1.40. The van der Waals surface area contributed by atoms with Crippen LogP contribution in [0.25, 0.3) is 10.9 Å². The lowest BCUT2D eigenvalue weighted by molar-refractivity contribution is 0.245. The van der Waals surface area contributed by atoms with Gasteiger partial charge < -0.3 is 4.57 Å². The van der Waals surface area contributed by atoms with E-state index in [4.69, 9.17) is 0 Å². The molecule has 2 heterocycles. The normalized spacial score (nSPS) is 17.8. The van der Waals surface area contributed by atoms with Crippen molar-refractivity contribution in [3.05, 3.63) is 70.7 Å². The van der Waals surface area contributed by atoms with Crippen LogP contribution in [0.3, 0.4) is 0 Å². The molecule has 1 atom stereocenters. The van der Waals surface area contributed by atoms with Gasteiger partial charge in [0.15, 0.2) is 0 Å². The van der Waals surface area contributed by atoms with E-state index in [1.807, 2.05) is 12.1 Å². The number of fused-ring (bicyclic) bond motifs is 3. The first-order valence-electron chi connectivity index (χ1n) is 9.11. The largest absolute Gasteiger partial charge is 0.344 e. The van der Waals surface area contributed by atoms with Crippen molar-refractivity contribution in [3.63, 3.8) is 0 Å². The lowest BCUT2D eigenvalue weighted by atomic mass is 9.97. The zero-order chi connectivity index (χ0) is 17.6. The predicted octanol–water partition coefficient (Wildman–Crippen LogP) is 4.88. The molecule has 0 radical (unpaired) electrons. The predicted molar refractivity (Wildman–Crippen MR) is 102 cm³/mol. The standard InChI is InChI=1S/C22H25FN2/c1-15-4-9-20-19(14-15)22-16(2)24(3)12-11-21(22)25(20)13-10-17-5-7-18(23)8-6-17/h4-9,14,16H,10-13H2,1-3H3/t16-/m1/s1. The van der Waals surface area contributed by atoms with Crippen molar-refractivity contribution < 1.29 is 4.39 Å². The van der Waals surface area contributed by atoms with Gasteiger partial charge in [0.2, 0.25) is 0 Å². The van der Waals surface area contributed by atoms with Gasteiger partial charge in [-0.2, -0.15) is 0 Å². The Labute approximate surface area is 148 Å². The summed E-state index contributed by atoms with van der Waals surface area (Å²) in [6.07, 6.45) is 2.02. The van der Waals surface area contributed by atoms with E-state index in [-0.39, 0.29) is 5.82 Å². The number of halogens is 1. The van der Waals surface area contributed by atoms with Crippen LogP contribution < -0.4 is 0 Å². The van der Waals surface area contributed by atoms with Crippen LogP contribution >= 0.6 is 0 Å². The molecular weight excluding hydrogens is 311 g/mol. The fourth-order valence-electron chi connectivity index (χ4n) is 4.13. The Morgan fingerprint density at radius 3 is 2.64 bits per heavy atom. The van der Waals surface area contributed by atoms with Crippen LogP contribution in [-0.2, 0) is 19.4 Å². The minimum absolute atomic E-state index is 0.167. The molecule has 3 heteroatoms. The Kier molecular flexibility index (Phi) is 4.12. The molecule has 25 heavy (non-hydrogen) atoms. The molecule has 0 spiro atoms. The first kappa shape index (κ1) is 16.3. The second kappa shape index (κ2) is 6.30. The van der Waals surface area contributed by atoms with Gasteiger partial charge in [-0.3, -0.25) is 4.90 Å². The zero-order valence-electron chi connectivity index (χ0n) is 15.2. The van der Waals surface area contributed by atoms with Gasteiger partial charge in [-0.05, 0) is 62.7 Å². The van der Waals surface area contributed by atoms with Crippen LogP contribution in [0.15, 0.2) is 42.5 Å². The van der Waals surface area contributed by atoms with Crippen LogP contribution in [0.2, 0.25) is 0 Å². The molecule has 0 fully saturated rings. The molecule has 4 rings (SSSR count). The summed E-state index contributed by atoms with van der Waals surface area (Å²) in [5.41, 5.74) is 6.80. The van der Waals surface area contributed by atoms with Gasteiger partial charge in [0, 0.05) is 42.1 Å². The third-order valence-corrected chi connectivity index (χ3v) is 5.69. The minimum atomic E-state index is -0.167. The summed E-state index contributed by atoms with van der Waals surface area (Å²) in [6.45, 7) is 6.51. The van der Waals surface area contributed by atoms with Crippen molar-refractivity contribution in [2.75, 3.05) is 13.6 Å². The van der Waals surface area contributed by atoms with Crippen LogP contribution in [0.4, 0.5) is 4.39 Å². The van der Waals surface area contributed by atoms with E-state index in [2.05, 4.69) is 48.6 Å². The molecule has 0 saturated carbocycles. The fourth-order valence-corrected chi connectivity index (χ4v) is 4.13. The van der Waals surface area contributed by atoms with Gasteiger partial charge in [-0.1, -0.05) is 23.8 Å². The van der Waals surface area contributed by atoms with Crippen molar-refractivity contribution in [2.24, 2.45) is 0 Å². The summed E-state index contributed by atoms with van der Waals surface area (Å²) in [6, 6.07) is 14.1. The van der Waals surface area contributed by atoms with Gasteiger partial charge in [-0.15, -0.1) is 0 Å². The summed E-state index contributed by atoms with van der Waals surface area (Å²) >= 11 is 0. The van der Waals surface area contributed by atoms with Crippen LogP contribution in [0, 0.1) is 12.7 Å². The van der Waals surface area contributed by atoms with Gasteiger partial charge in [-0.25, -0.2) is 4.39 Å². The zero-order valence-corrected chi connectivity index (χ0v) is 15.2. The SMILES string of the molecule is Cc1ccc2c(c1)c1c(n2CCc2ccc(F)cc2)CCN(C)[C@@H]1C. The molecule has 3 aromatic rings. The molecule has 0 bridgehead atoms. The van der Waals surface area contributed by atoms with E-state index in [1.54, 1.807) is 12.1 Å². The number of benzene rings is 2. The van der Waals surface area contributed by atoms with Crippen molar-refractivity contribution >= 4 is 10.9 Å². The Hall–Kier alpha value is -2.13. The lowest BCUT2D eigenvalue weighted by Gasteiger charge is -2.31. The minimum Gasteiger partial charge on any atom is -0.344 e. The molecule has 0 N–H and O–H groups in total. The third-order valence-electron chi connectivity index (χ3n) is 5.69. The monoisotopic (exact) mass is 336 g/mol. The highest BCUT2D eigenvalue weighted by Gasteiger charge is 2.27. The van der Waals surface area contributed by atoms with Gasteiger partial charge in [0.05, 0.1) is 0 Å². The summed E-state index contributed by atoms with van der Waals surface area (Å²) in [7, 11) is 2.21. The maximum atomic E-state index is 13.1. The summed E-state index contributed by atoms with van der Waals surface area (Å²) < 4.78 is 15.6. The highest BCUT2D eigenvalue weighted by molar-refractivity contribution is 5.87.